The SMILES string of the molecule is CCCCc1ccc(S(=O)(=O)N2CCN(c3ccccn3)CC2)cc1. The predicted octanol–water partition coefficient (Wildman–Crippen LogP) is 2.94. The molecule has 0 saturated carbocycles. The van der Waals surface area contributed by atoms with Crippen molar-refractivity contribution in [1.29, 1.82) is 0 Å². The van der Waals surface area contributed by atoms with Gasteiger partial charge >= 0.3 is 0 Å². The zero-order valence-electron chi connectivity index (χ0n) is 14.6. The molecule has 0 unspecified atom stereocenters. The average Bonchev–Trinajstić information content (AvgIpc) is 2.67. The molecule has 0 radical (unpaired) electrons. The molecule has 1 aliphatic rings. The number of benzene rings is 1. The van der Waals surface area contributed by atoms with Crippen molar-refractivity contribution in [1.82, 2.24) is 9.29 Å². The van der Waals surface area contributed by atoms with Gasteiger partial charge in [-0.05, 0) is 42.7 Å². The molecule has 0 atom stereocenters. The molecule has 6 heteroatoms. The van der Waals surface area contributed by atoms with E-state index in [0.29, 0.717) is 31.1 Å². The van der Waals surface area contributed by atoms with Crippen molar-refractivity contribution in [2.24, 2.45) is 0 Å². The number of pyridine rings is 1. The van der Waals surface area contributed by atoms with Gasteiger partial charge in [-0.1, -0.05) is 31.5 Å². The second kappa shape index (κ2) is 7.97. The van der Waals surface area contributed by atoms with Crippen molar-refractivity contribution in [2.45, 2.75) is 31.1 Å². The summed E-state index contributed by atoms with van der Waals surface area (Å²) in [4.78, 5) is 6.85. The van der Waals surface area contributed by atoms with Crippen molar-refractivity contribution >= 4 is 15.8 Å². The maximum absolute atomic E-state index is 12.8. The molecule has 1 aromatic carbocycles. The Morgan fingerprint density at radius 3 is 2.32 bits per heavy atom. The number of anilines is 1. The second-order valence-electron chi connectivity index (χ2n) is 6.33. The van der Waals surface area contributed by atoms with Crippen molar-refractivity contribution < 1.29 is 8.42 Å². The van der Waals surface area contributed by atoms with Gasteiger partial charge in [0.15, 0.2) is 0 Å². The van der Waals surface area contributed by atoms with Crippen LogP contribution in [0.25, 0.3) is 0 Å². The van der Waals surface area contributed by atoms with E-state index >= 15 is 0 Å². The molecule has 1 fully saturated rings. The quantitative estimate of drug-likeness (QED) is 0.796. The first-order valence-electron chi connectivity index (χ1n) is 8.86. The van der Waals surface area contributed by atoms with E-state index in [1.54, 1.807) is 22.6 Å². The van der Waals surface area contributed by atoms with Crippen LogP contribution in [0.2, 0.25) is 0 Å². The van der Waals surface area contributed by atoms with E-state index in [9.17, 15) is 8.42 Å². The van der Waals surface area contributed by atoms with Gasteiger partial charge in [-0.3, -0.25) is 0 Å². The number of nitrogens with zero attached hydrogens (tertiary/aromatic N) is 3. The summed E-state index contributed by atoms with van der Waals surface area (Å²) in [5.41, 5.74) is 1.20. The van der Waals surface area contributed by atoms with Crippen LogP contribution in [-0.2, 0) is 16.4 Å². The molecule has 0 spiro atoms. The number of aryl methyl sites for hydroxylation is 1. The number of aromatic nitrogens is 1. The van der Waals surface area contributed by atoms with Gasteiger partial charge in [-0.25, -0.2) is 13.4 Å². The van der Waals surface area contributed by atoms with Crippen molar-refractivity contribution in [3.05, 3.63) is 54.2 Å². The largest absolute Gasteiger partial charge is 0.354 e. The average molecular weight is 359 g/mol. The summed E-state index contributed by atoms with van der Waals surface area (Å²) in [6.07, 6.45) is 5.03. The van der Waals surface area contributed by atoms with Crippen molar-refractivity contribution in [2.75, 3.05) is 31.1 Å². The number of rotatable bonds is 6. The van der Waals surface area contributed by atoms with E-state index in [-0.39, 0.29) is 0 Å². The lowest BCUT2D eigenvalue weighted by atomic mass is 10.1. The monoisotopic (exact) mass is 359 g/mol. The van der Waals surface area contributed by atoms with Crippen molar-refractivity contribution in [3.63, 3.8) is 0 Å². The highest BCUT2D eigenvalue weighted by atomic mass is 32.2. The van der Waals surface area contributed by atoms with Crippen LogP contribution in [-0.4, -0.2) is 43.9 Å². The molecule has 25 heavy (non-hydrogen) atoms. The van der Waals surface area contributed by atoms with E-state index in [1.165, 1.54) is 5.56 Å². The molecule has 5 nitrogen and oxygen atoms in total. The van der Waals surface area contributed by atoms with Crippen molar-refractivity contribution in [3.8, 4) is 0 Å². The minimum Gasteiger partial charge on any atom is -0.354 e. The molecular formula is C19H25N3O2S. The van der Waals surface area contributed by atoms with E-state index in [0.717, 1.165) is 25.1 Å². The third kappa shape index (κ3) is 4.19. The summed E-state index contributed by atoms with van der Waals surface area (Å²) in [5.74, 6) is 0.903. The first kappa shape index (κ1) is 17.9. The fraction of sp³-hybridized carbons (Fsp3) is 0.421. The summed E-state index contributed by atoms with van der Waals surface area (Å²) in [5, 5.41) is 0. The Kier molecular flexibility index (Phi) is 5.71. The molecular weight excluding hydrogens is 334 g/mol. The first-order chi connectivity index (χ1) is 12.1. The molecule has 3 rings (SSSR count). The first-order valence-corrected chi connectivity index (χ1v) is 10.3. The predicted molar refractivity (Wildman–Crippen MR) is 100 cm³/mol. The van der Waals surface area contributed by atoms with Gasteiger partial charge in [0.1, 0.15) is 5.82 Å². The lowest BCUT2D eigenvalue weighted by molar-refractivity contribution is 0.384. The minimum atomic E-state index is -3.42. The second-order valence-corrected chi connectivity index (χ2v) is 8.26. The van der Waals surface area contributed by atoms with Gasteiger partial charge in [0, 0.05) is 32.4 Å². The van der Waals surface area contributed by atoms with E-state index in [4.69, 9.17) is 0 Å². The third-order valence-corrected chi connectivity index (χ3v) is 6.50. The molecule has 1 aromatic heterocycles. The fourth-order valence-electron chi connectivity index (χ4n) is 3.06. The van der Waals surface area contributed by atoms with E-state index < -0.39 is 10.0 Å². The van der Waals surface area contributed by atoms with Gasteiger partial charge in [0.25, 0.3) is 0 Å². The van der Waals surface area contributed by atoms with E-state index in [2.05, 4.69) is 16.8 Å². The minimum absolute atomic E-state index is 0.388. The summed E-state index contributed by atoms with van der Waals surface area (Å²) < 4.78 is 27.3. The molecule has 1 aliphatic heterocycles. The molecule has 0 aliphatic carbocycles. The Morgan fingerprint density at radius 2 is 1.72 bits per heavy atom. The van der Waals surface area contributed by atoms with Crippen LogP contribution in [0.4, 0.5) is 5.82 Å². The van der Waals surface area contributed by atoms with Crippen LogP contribution >= 0.6 is 0 Å². The lowest BCUT2D eigenvalue weighted by Gasteiger charge is -2.34. The standard InChI is InChI=1S/C19H25N3O2S/c1-2-3-6-17-8-10-18(11-9-17)25(23,24)22-15-13-21(14-16-22)19-7-4-5-12-20-19/h4-5,7-12H,2-3,6,13-16H2,1H3. The lowest BCUT2D eigenvalue weighted by Crippen LogP contribution is -2.48. The van der Waals surface area contributed by atoms with Gasteiger partial charge in [0.2, 0.25) is 10.0 Å². The number of unbranched alkanes of at least 4 members (excludes halogenated alkanes) is 1. The Balaban J connectivity index is 1.65. The number of sulfonamides is 1. The smallest absolute Gasteiger partial charge is 0.243 e. The van der Waals surface area contributed by atoms with Crippen LogP contribution in [0.3, 0.4) is 0 Å². The summed E-state index contributed by atoms with van der Waals surface area (Å²) in [6, 6.07) is 13.1. The number of hydrogen-bond donors (Lipinski definition) is 0. The molecule has 0 bridgehead atoms. The Labute approximate surface area is 150 Å². The van der Waals surface area contributed by atoms with Gasteiger partial charge in [-0.15, -0.1) is 0 Å². The zero-order valence-corrected chi connectivity index (χ0v) is 15.5. The molecule has 0 amide bonds. The summed E-state index contributed by atoms with van der Waals surface area (Å²) in [7, 11) is -3.42. The normalized spacial score (nSPS) is 16.1. The molecule has 134 valence electrons. The van der Waals surface area contributed by atoms with Gasteiger partial charge < -0.3 is 4.90 Å². The Morgan fingerprint density at radius 1 is 1.00 bits per heavy atom. The Hall–Kier alpha value is -1.92. The topological polar surface area (TPSA) is 53.5 Å². The highest BCUT2D eigenvalue weighted by Crippen LogP contribution is 2.20. The van der Waals surface area contributed by atoms with Crippen LogP contribution in [0.15, 0.2) is 53.6 Å². The van der Waals surface area contributed by atoms with Crippen LogP contribution in [0.5, 0.6) is 0 Å². The zero-order chi connectivity index (χ0) is 17.7. The number of hydrogen-bond acceptors (Lipinski definition) is 4. The molecule has 1 saturated heterocycles. The highest BCUT2D eigenvalue weighted by molar-refractivity contribution is 7.89. The van der Waals surface area contributed by atoms with Crippen LogP contribution in [0, 0.1) is 0 Å². The third-order valence-electron chi connectivity index (χ3n) is 4.59. The van der Waals surface area contributed by atoms with Gasteiger partial charge in [-0.2, -0.15) is 4.31 Å². The molecule has 2 aromatic rings. The summed E-state index contributed by atoms with van der Waals surface area (Å²) in [6.45, 7) is 4.44. The van der Waals surface area contributed by atoms with Crippen LogP contribution in [0.1, 0.15) is 25.3 Å². The maximum Gasteiger partial charge on any atom is 0.243 e. The van der Waals surface area contributed by atoms with E-state index in [1.807, 2.05) is 30.3 Å². The summed E-state index contributed by atoms with van der Waals surface area (Å²) >= 11 is 0. The highest BCUT2D eigenvalue weighted by Gasteiger charge is 2.28. The molecule has 2 heterocycles. The fourth-order valence-corrected chi connectivity index (χ4v) is 4.48. The number of piperazine rings is 1. The molecule has 0 N–H and O–H groups in total. The Bertz CT molecular complexity index is 768. The van der Waals surface area contributed by atoms with Gasteiger partial charge in [0.05, 0.1) is 4.90 Å². The van der Waals surface area contributed by atoms with Crippen LogP contribution < -0.4 is 4.90 Å². The maximum atomic E-state index is 12.8.